The Labute approximate surface area is 191 Å². The quantitative estimate of drug-likeness (QED) is 0.120. The fraction of sp³-hybridized carbons (Fsp3) is 1.00. The number of rotatable bonds is 22. The molecule has 0 fully saturated rings. The predicted molar refractivity (Wildman–Crippen MR) is 142 cm³/mol. The van der Waals surface area contributed by atoms with E-state index in [2.05, 4.69) is 32.9 Å². The molecule has 1 nitrogen and oxygen atoms in total. The van der Waals surface area contributed by atoms with Crippen LogP contribution in [-0.2, 0) is 0 Å². The van der Waals surface area contributed by atoms with Crippen LogP contribution in [0.1, 0.15) is 136 Å². The van der Waals surface area contributed by atoms with Crippen molar-refractivity contribution in [3.63, 3.8) is 0 Å². The van der Waals surface area contributed by atoms with Crippen LogP contribution in [0.3, 0.4) is 0 Å². The van der Waals surface area contributed by atoms with Crippen molar-refractivity contribution >= 4 is 24.4 Å². The van der Waals surface area contributed by atoms with Gasteiger partial charge in [-0.25, -0.2) is 0 Å². The van der Waals surface area contributed by atoms with Gasteiger partial charge in [-0.05, 0) is 0 Å². The second-order valence-corrected chi connectivity index (χ2v) is 13.6. The van der Waals surface area contributed by atoms with Crippen molar-refractivity contribution in [3.8, 4) is 0 Å². The average Bonchev–Trinajstić information content (AvgIpc) is 2.69. The van der Waals surface area contributed by atoms with Gasteiger partial charge in [0.25, 0.3) is 0 Å². The third kappa shape index (κ3) is 18.9. The molecule has 0 aliphatic heterocycles. The van der Waals surface area contributed by atoms with Gasteiger partial charge in [0.15, 0.2) is 0 Å². The zero-order chi connectivity index (χ0) is 20.1. The summed E-state index contributed by atoms with van der Waals surface area (Å²) in [7, 11) is 1.08. The first-order valence-corrected chi connectivity index (χ1v) is 15.6. The van der Waals surface area contributed by atoms with E-state index in [1.807, 2.05) is 0 Å². The van der Waals surface area contributed by atoms with Crippen LogP contribution in [0.2, 0.25) is 0 Å². The molecule has 0 aliphatic rings. The van der Waals surface area contributed by atoms with E-state index in [-0.39, 0.29) is 17.0 Å². The second kappa shape index (κ2) is 24.1. The summed E-state index contributed by atoms with van der Waals surface area (Å²) in [5.74, 6) is 0. The molecule has 0 radical (unpaired) electrons. The van der Waals surface area contributed by atoms with E-state index < -0.39 is 7.41 Å². The van der Waals surface area contributed by atoms with Crippen LogP contribution in [0.15, 0.2) is 0 Å². The fourth-order valence-electron chi connectivity index (χ4n) is 4.48. The van der Waals surface area contributed by atoms with Crippen LogP contribution in [-0.4, -0.2) is 25.5 Å². The van der Waals surface area contributed by atoms with Gasteiger partial charge < -0.3 is 0 Å². The van der Waals surface area contributed by atoms with Gasteiger partial charge in [0.1, 0.15) is 0 Å². The van der Waals surface area contributed by atoms with E-state index in [9.17, 15) is 0 Å². The standard InChI is InChI=1S/C25H56NP.BrH/c1-5-8-11-14-17-20-23-27(26-4,24-21-18-15-12-9-6-2)25-22-19-16-13-10-7-3;/h26-27H,5-25H2,1-4H3;1H. The molecule has 0 rings (SSSR count). The molecule has 0 aromatic heterocycles. The Hall–Kier alpha value is 0.870. The van der Waals surface area contributed by atoms with Crippen LogP contribution in [0.25, 0.3) is 0 Å². The molecule has 0 heterocycles. The van der Waals surface area contributed by atoms with Crippen molar-refractivity contribution in [1.82, 2.24) is 5.09 Å². The molecule has 174 valence electrons. The Morgan fingerprint density at radius 3 is 0.929 bits per heavy atom. The van der Waals surface area contributed by atoms with Gasteiger partial charge in [-0.15, -0.1) is 17.0 Å². The first kappa shape index (κ1) is 31.1. The zero-order valence-electron chi connectivity index (χ0n) is 20.3. The van der Waals surface area contributed by atoms with Crippen molar-refractivity contribution in [2.45, 2.75) is 136 Å². The number of nitrogens with one attached hydrogen (secondary N) is 1. The molecule has 0 amide bonds. The van der Waals surface area contributed by atoms with Crippen LogP contribution in [0.5, 0.6) is 0 Å². The maximum absolute atomic E-state index is 3.96. The topological polar surface area (TPSA) is 12.0 Å². The molecule has 0 aromatic rings. The molecule has 3 heteroatoms. The summed E-state index contributed by atoms with van der Waals surface area (Å²) in [5, 5.41) is 3.96. The Morgan fingerprint density at radius 2 is 0.679 bits per heavy atom. The number of halogens is 1. The Morgan fingerprint density at radius 1 is 0.429 bits per heavy atom. The number of hydrogen-bond acceptors (Lipinski definition) is 1. The summed E-state index contributed by atoms with van der Waals surface area (Å²) in [6.07, 6.45) is 30.7. The normalized spacial score (nSPS) is 12.1. The van der Waals surface area contributed by atoms with Crippen LogP contribution < -0.4 is 5.09 Å². The van der Waals surface area contributed by atoms with Crippen molar-refractivity contribution in [2.75, 3.05) is 25.5 Å². The van der Waals surface area contributed by atoms with E-state index in [0.29, 0.717) is 0 Å². The Balaban J connectivity index is 0. The average molecular weight is 483 g/mol. The molecular formula is C25H57BrNP. The molecular weight excluding hydrogens is 425 g/mol. The number of hydrogen-bond donors (Lipinski definition) is 1. The van der Waals surface area contributed by atoms with Gasteiger partial charge in [-0.3, -0.25) is 0 Å². The predicted octanol–water partition coefficient (Wildman–Crippen LogP) is 9.53. The monoisotopic (exact) mass is 481 g/mol. The first-order valence-electron chi connectivity index (χ1n) is 12.9. The maximum atomic E-state index is 3.96. The SMILES string of the molecule is Br.CCCCCCCC[PH](CCCCCCCC)(CCCCCCCC)NC. The van der Waals surface area contributed by atoms with E-state index in [4.69, 9.17) is 0 Å². The van der Waals surface area contributed by atoms with E-state index >= 15 is 0 Å². The zero-order valence-corrected chi connectivity index (χ0v) is 23.0. The van der Waals surface area contributed by atoms with Crippen LogP contribution in [0.4, 0.5) is 0 Å². The van der Waals surface area contributed by atoms with Gasteiger partial charge >= 0.3 is 174 Å². The molecule has 1 N–H and O–H groups in total. The minimum absolute atomic E-state index is 0. The molecule has 0 atom stereocenters. The second-order valence-electron chi connectivity index (χ2n) is 9.08. The van der Waals surface area contributed by atoms with E-state index in [1.54, 1.807) is 18.5 Å². The van der Waals surface area contributed by atoms with Crippen molar-refractivity contribution < 1.29 is 0 Å². The van der Waals surface area contributed by atoms with Crippen molar-refractivity contribution in [1.29, 1.82) is 0 Å². The third-order valence-corrected chi connectivity index (χ3v) is 11.5. The summed E-state index contributed by atoms with van der Waals surface area (Å²) in [6, 6.07) is 0. The minimum atomic E-state index is -1.22. The molecule has 0 bridgehead atoms. The summed E-state index contributed by atoms with van der Waals surface area (Å²) in [4.78, 5) is 0. The van der Waals surface area contributed by atoms with Crippen molar-refractivity contribution in [2.24, 2.45) is 0 Å². The Bertz CT molecular complexity index is 245. The van der Waals surface area contributed by atoms with Gasteiger partial charge in [0.05, 0.1) is 0 Å². The van der Waals surface area contributed by atoms with Gasteiger partial charge in [-0.1, -0.05) is 0 Å². The summed E-state index contributed by atoms with van der Waals surface area (Å²) >= 11 is 0. The van der Waals surface area contributed by atoms with Crippen LogP contribution >= 0.6 is 24.4 Å². The fourth-order valence-corrected chi connectivity index (χ4v) is 8.76. The molecule has 0 aromatic carbocycles. The van der Waals surface area contributed by atoms with E-state index in [1.165, 1.54) is 116 Å². The van der Waals surface area contributed by atoms with Crippen molar-refractivity contribution in [3.05, 3.63) is 0 Å². The van der Waals surface area contributed by atoms with Crippen LogP contribution in [0, 0.1) is 0 Å². The van der Waals surface area contributed by atoms with E-state index in [0.717, 1.165) is 0 Å². The summed E-state index contributed by atoms with van der Waals surface area (Å²) in [5.41, 5.74) is 0. The van der Waals surface area contributed by atoms with Gasteiger partial charge in [0, 0.05) is 0 Å². The van der Waals surface area contributed by atoms with Gasteiger partial charge in [0.2, 0.25) is 0 Å². The van der Waals surface area contributed by atoms with Gasteiger partial charge in [-0.2, -0.15) is 0 Å². The summed E-state index contributed by atoms with van der Waals surface area (Å²) in [6.45, 7) is 6.96. The third-order valence-electron chi connectivity index (χ3n) is 6.56. The molecule has 28 heavy (non-hydrogen) atoms. The summed E-state index contributed by atoms with van der Waals surface area (Å²) < 4.78 is 0. The molecule has 0 aliphatic carbocycles. The molecule has 0 unspecified atom stereocenters. The molecule has 0 spiro atoms. The molecule has 0 saturated heterocycles. The Kier molecular flexibility index (Phi) is 26.8. The first-order chi connectivity index (χ1) is 13.2. The number of unbranched alkanes of at least 4 members (excludes halogenated alkanes) is 15. The molecule has 0 saturated carbocycles.